The van der Waals surface area contributed by atoms with Gasteiger partial charge in [0.25, 0.3) is 5.91 Å². The van der Waals surface area contributed by atoms with Crippen molar-refractivity contribution < 1.29 is 14.7 Å². The van der Waals surface area contributed by atoms with Crippen LogP contribution in [0.2, 0.25) is 5.02 Å². The fourth-order valence-electron chi connectivity index (χ4n) is 1.72. The SMILES string of the molecule is CSc1ccc(Cl)c(C(=O)NC(C(=O)O)c2cccs2)c1. The van der Waals surface area contributed by atoms with Crippen LogP contribution in [0.3, 0.4) is 0 Å². The third-order valence-corrected chi connectivity index (χ3v) is 4.76. The van der Waals surface area contributed by atoms with Crippen molar-refractivity contribution in [2.45, 2.75) is 10.9 Å². The van der Waals surface area contributed by atoms with Crippen molar-refractivity contribution in [2.75, 3.05) is 6.26 Å². The van der Waals surface area contributed by atoms with Gasteiger partial charge in [0, 0.05) is 9.77 Å². The average Bonchev–Trinajstić information content (AvgIpc) is 2.98. The molecule has 7 heteroatoms. The van der Waals surface area contributed by atoms with Gasteiger partial charge in [0.15, 0.2) is 6.04 Å². The van der Waals surface area contributed by atoms with E-state index in [9.17, 15) is 14.7 Å². The van der Waals surface area contributed by atoms with E-state index in [1.807, 2.05) is 6.26 Å². The molecular formula is C14H12ClNO3S2. The van der Waals surface area contributed by atoms with Gasteiger partial charge in [-0.2, -0.15) is 0 Å². The number of carbonyl (C=O) groups excluding carboxylic acids is 1. The Kier molecular flexibility index (Phi) is 5.27. The highest BCUT2D eigenvalue weighted by Crippen LogP contribution is 2.25. The van der Waals surface area contributed by atoms with E-state index >= 15 is 0 Å². The fourth-order valence-corrected chi connectivity index (χ4v) is 3.13. The molecule has 0 aliphatic carbocycles. The average molecular weight is 342 g/mol. The number of hydrogen-bond donors (Lipinski definition) is 2. The van der Waals surface area contributed by atoms with E-state index in [4.69, 9.17) is 11.6 Å². The molecule has 110 valence electrons. The molecule has 1 aromatic heterocycles. The molecule has 0 aliphatic heterocycles. The predicted octanol–water partition coefficient (Wildman–Crippen LogP) is 3.68. The number of carbonyl (C=O) groups is 2. The number of rotatable bonds is 5. The Morgan fingerprint density at radius 3 is 2.71 bits per heavy atom. The maximum absolute atomic E-state index is 12.3. The molecule has 21 heavy (non-hydrogen) atoms. The minimum absolute atomic E-state index is 0.270. The van der Waals surface area contributed by atoms with Gasteiger partial charge in [-0.3, -0.25) is 4.79 Å². The summed E-state index contributed by atoms with van der Waals surface area (Å²) in [4.78, 5) is 25.1. The first-order chi connectivity index (χ1) is 10.0. The largest absolute Gasteiger partial charge is 0.479 e. The molecule has 1 aromatic carbocycles. The van der Waals surface area contributed by atoms with Gasteiger partial charge in [0.1, 0.15) is 0 Å². The van der Waals surface area contributed by atoms with Crippen LogP contribution < -0.4 is 5.32 Å². The summed E-state index contributed by atoms with van der Waals surface area (Å²) in [5, 5.41) is 13.8. The Hall–Kier alpha value is -1.50. The number of benzene rings is 1. The van der Waals surface area contributed by atoms with E-state index in [2.05, 4.69) is 5.32 Å². The summed E-state index contributed by atoms with van der Waals surface area (Å²) in [5.41, 5.74) is 0.270. The molecule has 4 nitrogen and oxygen atoms in total. The summed E-state index contributed by atoms with van der Waals surface area (Å²) < 4.78 is 0. The Morgan fingerprint density at radius 2 is 2.14 bits per heavy atom. The molecule has 1 heterocycles. The third kappa shape index (κ3) is 3.78. The van der Waals surface area contributed by atoms with Crippen LogP contribution in [0.15, 0.2) is 40.6 Å². The number of thiophene rings is 1. The van der Waals surface area contributed by atoms with Crippen molar-refractivity contribution in [2.24, 2.45) is 0 Å². The second kappa shape index (κ2) is 6.98. The van der Waals surface area contributed by atoms with Crippen LogP contribution in [0.1, 0.15) is 21.3 Å². The van der Waals surface area contributed by atoms with Crippen molar-refractivity contribution >= 4 is 46.6 Å². The van der Waals surface area contributed by atoms with Crippen molar-refractivity contribution in [3.05, 3.63) is 51.2 Å². The number of carboxylic acids is 1. The number of aliphatic carboxylic acids is 1. The highest BCUT2D eigenvalue weighted by Gasteiger charge is 2.24. The van der Waals surface area contributed by atoms with Crippen molar-refractivity contribution in [3.8, 4) is 0 Å². The zero-order chi connectivity index (χ0) is 15.4. The number of thioether (sulfide) groups is 1. The first kappa shape index (κ1) is 15.9. The molecule has 1 amide bonds. The van der Waals surface area contributed by atoms with Gasteiger partial charge in [-0.15, -0.1) is 23.1 Å². The van der Waals surface area contributed by atoms with Crippen LogP contribution in [-0.4, -0.2) is 23.2 Å². The van der Waals surface area contributed by atoms with Gasteiger partial charge < -0.3 is 10.4 Å². The summed E-state index contributed by atoms with van der Waals surface area (Å²) in [6, 6.07) is 7.41. The molecule has 0 spiro atoms. The van der Waals surface area contributed by atoms with E-state index in [1.165, 1.54) is 23.1 Å². The number of halogens is 1. The lowest BCUT2D eigenvalue weighted by Gasteiger charge is -2.14. The fraction of sp³-hybridized carbons (Fsp3) is 0.143. The third-order valence-electron chi connectivity index (χ3n) is 2.77. The molecule has 1 atom stereocenters. The molecule has 2 aromatic rings. The first-order valence-corrected chi connectivity index (χ1v) is 8.41. The topological polar surface area (TPSA) is 66.4 Å². The van der Waals surface area contributed by atoms with Crippen molar-refractivity contribution in [1.82, 2.24) is 5.32 Å². The second-order valence-corrected chi connectivity index (χ2v) is 6.37. The number of hydrogen-bond acceptors (Lipinski definition) is 4. The van der Waals surface area contributed by atoms with E-state index in [0.29, 0.717) is 9.90 Å². The van der Waals surface area contributed by atoms with E-state index < -0.39 is 17.9 Å². The van der Waals surface area contributed by atoms with Crippen LogP contribution in [-0.2, 0) is 4.79 Å². The zero-order valence-corrected chi connectivity index (χ0v) is 13.4. The Bertz CT molecular complexity index is 658. The number of amides is 1. The Morgan fingerprint density at radius 1 is 1.38 bits per heavy atom. The molecule has 0 fully saturated rings. The van der Waals surface area contributed by atoms with Crippen molar-refractivity contribution in [1.29, 1.82) is 0 Å². The minimum atomic E-state index is -1.11. The van der Waals surface area contributed by atoms with Crippen molar-refractivity contribution in [3.63, 3.8) is 0 Å². The summed E-state index contributed by atoms with van der Waals surface area (Å²) in [5.74, 6) is -1.61. The predicted molar refractivity (Wildman–Crippen MR) is 85.4 cm³/mol. The molecule has 0 aliphatic rings. The van der Waals surface area contributed by atoms with Gasteiger partial charge in [-0.1, -0.05) is 17.7 Å². The van der Waals surface area contributed by atoms with Gasteiger partial charge in [-0.05, 0) is 35.9 Å². The van der Waals surface area contributed by atoms with Crippen LogP contribution in [0.25, 0.3) is 0 Å². The lowest BCUT2D eigenvalue weighted by atomic mass is 10.1. The van der Waals surface area contributed by atoms with Crippen LogP contribution >= 0.6 is 34.7 Å². The van der Waals surface area contributed by atoms with Crippen LogP contribution in [0.5, 0.6) is 0 Å². The molecule has 0 bridgehead atoms. The first-order valence-electron chi connectivity index (χ1n) is 5.93. The molecule has 0 saturated carbocycles. The molecule has 0 saturated heterocycles. The highest BCUT2D eigenvalue weighted by molar-refractivity contribution is 7.98. The molecular weight excluding hydrogens is 330 g/mol. The van der Waals surface area contributed by atoms with E-state index in [0.717, 1.165) is 4.90 Å². The molecule has 1 unspecified atom stereocenters. The van der Waals surface area contributed by atoms with Gasteiger partial charge >= 0.3 is 5.97 Å². The molecule has 2 N–H and O–H groups in total. The lowest BCUT2D eigenvalue weighted by molar-refractivity contribution is -0.139. The number of nitrogens with one attached hydrogen (secondary N) is 1. The summed E-state index contributed by atoms with van der Waals surface area (Å²) in [6.45, 7) is 0. The normalized spacial score (nSPS) is 11.9. The maximum Gasteiger partial charge on any atom is 0.331 e. The monoisotopic (exact) mass is 341 g/mol. The molecule has 0 radical (unpaired) electrons. The second-order valence-electron chi connectivity index (χ2n) is 4.11. The molecule has 2 rings (SSSR count). The Labute approximate surface area is 135 Å². The standard InChI is InChI=1S/C14H12ClNO3S2/c1-20-8-4-5-10(15)9(7-8)13(17)16-12(14(18)19)11-3-2-6-21-11/h2-7,12H,1H3,(H,16,17)(H,18,19). The minimum Gasteiger partial charge on any atom is -0.479 e. The Balaban J connectivity index is 2.25. The van der Waals surface area contributed by atoms with Crippen LogP contribution in [0, 0.1) is 0 Å². The maximum atomic E-state index is 12.3. The summed E-state index contributed by atoms with van der Waals surface area (Å²) >= 11 is 8.78. The number of carboxylic acid groups (broad SMARTS) is 1. The lowest BCUT2D eigenvalue weighted by Crippen LogP contribution is -2.33. The van der Waals surface area contributed by atoms with Crippen LogP contribution in [0.4, 0.5) is 0 Å². The summed E-state index contributed by atoms with van der Waals surface area (Å²) in [7, 11) is 0. The summed E-state index contributed by atoms with van der Waals surface area (Å²) in [6.07, 6.45) is 1.89. The smallest absolute Gasteiger partial charge is 0.331 e. The van der Waals surface area contributed by atoms with Gasteiger partial charge in [0.2, 0.25) is 0 Å². The van der Waals surface area contributed by atoms with E-state index in [1.54, 1.807) is 35.7 Å². The zero-order valence-electron chi connectivity index (χ0n) is 11.0. The van der Waals surface area contributed by atoms with E-state index in [-0.39, 0.29) is 5.56 Å². The van der Waals surface area contributed by atoms with Gasteiger partial charge in [0.05, 0.1) is 10.6 Å². The van der Waals surface area contributed by atoms with Gasteiger partial charge in [-0.25, -0.2) is 4.79 Å². The highest BCUT2D eigenvalue weighted by atomic mass is 35.5. The quantitative estimate of drug-likeness (QED) is 0.814.